The van der Waals surface area contributed by atoms with Crippen LogP contribution in [-0.2, 0) is 13.1 Å². The van der Waals surface area contributed by atoms with Gasteiger partial charge in [-0.3, -0.25) is 4.90 Å². The Labute approximate surface area is 152 Å². The van der Waals surface area contributed by atoms with Crippen LogP contribution in [-0.4, -0.2) is 11.4 Å². The lowest BCUT2D eigenvalue weighted by Crippen LogP contribution is -2.23. The third kappa shape index (κ3) is 4.12. The number of nitrogens with zero attached hydrogens (tertiary/aromatic N) is 1. The van der Waals surface area contributed by atoms with Gasteiger partial charge in [-0.25, -0.2) is 4.79 Å². The molecule has 0 saturated carbocycles. The van der Waals surface area contributed by atoms with Crippen LogP contribution < -0.4 is 5.63 Å². The smallest absolute Gasteiger partial charge is 0.336 e. The third-order valence-electron chi connectivity index (χ3n) is 4.42. The van der Waals surface area contributed by atoms with Gasteiger partial charge >= 0.3 is 5.63 Å². The minimum Gasteiger partial charge on any atom is -0.422 e. The Balaban J connectivity index is 1.95. The Morgan fingerprint density at radius 2 is 1.76 bits per heavy atom. The van der Waals surface area contributed by atoms with Crippen LogP contribution in [0, 0.1) is 13.8 Å². The van der Waals surface area contributed by atoms with E-state index in [4.69, 9.17) is 16.0 Å². The highest BCUT2D eigenvalue weighted by Crippen LogP contribution is 2.24. The second kappa shape index (κ2) is 7.42. The molecule has 0 N–H and O–H groups in total. The van der Waals surface area contributed by atoms with E-state index in [1.54, 1.807) is 6.07 Å². The van der Waals surface area contributed by atoms with Crippen LogP contribution in [0.25, 0.3) is 11.0 Å². The average Bonchev–Trinajstić information content (AvgIpc) is 2.57. The molecule has 0 aliphatic carbocycles. The molecule has 0 fully saturated rings. The summed E-state index contributed by atoms with van der Waals surface area (Å²) in [4.78, 5) is 14.3. The van der Waals surface area contributed by atoms with Gasteiger partial charge < -0.3 is 4.42 Å². The van der Waals surface area contributed by atoms with Gasteiger partial charge in [0.05, 0.1) is 0 Å². The number of halogens is 1. The van der Waals surface area contributed by atoms with E-state index in [2.05, 4.69) is 24.8 Å². The van der Waals surface area contributed by atoms with Crippen LogP contribution in [0.4, 0.5) is 0 Å². The van der Waals surface area contributed by atoms with Crippen molar-refractivity contribution < 1.29 is 4.42 Å². The first-order chi connectivity index (χ1) is 12.0. The van der Waals surface area contributed by atoms with Crippen molar-refractivity contribution in [2.75, 3.05) is 6.54 Å². The summed E-state index contributed by atoms with van der Waals surface area (Å²) in [6.45, 7) is 8.56. The third-order valence-corrected chi connectivity index (χ3v) is 4.67. The normalized spacial score (nSPS) is 11.4. The molecule has 0 aliphatic heterocycles. The number of fused-ring (bicyclic) bond motifs is 1. The molecule has 25 heavy (non-hydrogen) atoms. The van der Waals surface area contributed by atoms with Crippen molar-refractivity contribution in [3.63, 3.8) is 0 Å². The molecular formula is C21H22ClNO2. The van der Waals surface area contributed by atoms with Crippen molar-refractivity contribution in [2.45, 2.75) is 33.9 Å². The van der Waals surface area contributed by atoms with Gasteiger partial charge in [-0.15, -0.1) is 0 Å². The maximum Gasteiger partial charge on any atom is 0.336 e. The standard InChI is InChI=1S/C21H22ClNO2/c1-4-23(12-16-5-7-18(22)8-6-16)13-17-11-20(24)25-21-15(3)9-14(2)10-19(17)21/h5-11H,4,12-13H2,1-3H3. The summed E-state index contributed by atoms with van der Waals surface area (Å²) < 4.78 is 5.45. The van der Waals surface area contributed by atoms with Gasteiger partial charge in [-0.1, -0.05) is 36.7 Å². The lowest BCUT2D eigenvalue weighted by atomic mass is 10.0. The van der Waals surface area contributed by atoms with E-state index in [1.165, 1.54) is 11.1 Å². The molecule has 3 aromatic rings. The number of hydrogen-bond donors (Lipinski definition) is 0. The highest BCUT2D eigenvalue weighted by Gasteiger charge is 2.12. The Morgan fingerprint density at radius 1 is 1.04 bits per heavy atom. The van der Waals surface area contributed by atoms with Gasteiger partial charge in [0.2, 0.25) is 0 Å². The largest absolute Gasteiger partial charge is 0.422 e. The zero-order valence-electron chi connectivity index (χ0n) is 14.8. The molecule has 0 amide bonds. The van der Waals surface area contributed by atoms with Crippen LogP contribution in [0.15, 0.2) is 51.7 Å². The van der Waals surface area contributed by atoms with E-state index < -0.39 is 0 Å². The Bertz CT molecular complexity index is 945. The van der Waals surface area contributed by atoms with E-state index >= 15 is 0 Å². The highest BCUT2D eigenvalue weighted by molar-refractivity contribution is 6.30. The van der Waals surface area contributed by atoms with Crippen LogP contribution in [0.3, 0.4) is 0 Å². The molecule has 2 aromatic carbocycles. The molecule has 1 aromatic heterocycles. The summed E-state index contributed by atoms with van der Waals surface area (Å²) in [5.41, 5.74) is 4.77. The van der Waals surface area contributed by atoms with Crippen LogP contribution in [0.2, 0.25) is 5.02 Å². The Kier molecular flexibility index (Phi) is 5.26. The van der Waals surface area contributed by atoms with Crippen molar-refractivity contribution in [2.24, 2.45) is 0 Å². The molecule has 0 unspecified atom stereocenters. The number of rotatable bonds is 5. The summed E-state index contributed by atoms with van der Waals surface area (Å²) >= 11 is 5.97. The van der Waals surface area contributed by atoms with Gasteiger partial charge in [-0.05, 0) is 60.8 Å². The summed E-state index contributed by atoms with van der Waals surface area (Å²) in [5, 5.41) is 1.76. The van der Waals surface area contributed by atoms with Gasteiger partial charge in [0.1, 0.15) is 5.58 Å². The molecule has 0 spiro atoms. The van der Waals surface area contributed by atoms with E-state index in [0.29, 0.717) is 12.1 Å². The van der Waals surface area contributed by atoms with Crippen molar-refractivity contribution in [1.82, 2.24) is 4.90 Å². The minimum atomic E-state index is -0.294. The summed E-state index contributed by atoms with van der Waals surface area (Å²) in [6.07, 6.45) is 0. The SMILES string of the molecule is CCN(Cc1ccc(Cl)cc1)Cc1cc(=O)oc2c(C)cc(C)cc12. The van der Waals surface area contributed by atoms with Gasteiger partial charge in [0, 0.05) is 29.6 Å². The fourth-order valence-electron chi connectivity index (χ4n) is 3.18. The first-order valence-corrected chi connectivity index (χ1v) is 8.85. The van der Waals surface area contributed by atoms with Crippen LogP contribution >= 0.6 is 11.6 Å². The molecule has 3 nitrogen and oxygen atoms in total. The molecule has 4 heteroatoms. The van der Waals surface area contributed by atoms with Crippen molar-refractivity contribution in [1.29, 1.82) is 0 Å². The maximum absolute atomic E-state index is 12.0. The number of aryl methyl sites for hydroxylation is 2. The van der Waals surface area contributed by atoms with Gasteiger partial charge in [0.25, 0.3) is 0 Å². The fourth-order valence-corrected chi connectivity index (χ4v) is 3.30. The molecule has 0 radical (unpaired) electrons. The summed E-state index contributed by atoms with van der Waals surface area (Å²) in [6, 6.07) is 13.6. The zero-order valence-corrected chi connectivity index (χ0v) is 15.6. The number of benzene rings is 2. The topological polar surface area (TPSA) is 33.5 Å². The maximum atomic E-state index is 12.0. The van der Waals surface area contributed by atoms with Gasteiger partial charge in [0.15, 0.2) is 0 Å². The predicted octanol–water partition coefficient (Wildman–Crippen LogP) is 5.09. The lowest BCUT2D eigenvalue weighted by Gasteiger charge is -2.21. The highest BCUT2D eigenvalue weighted by atomic mass is 35.5. The molecule has 1 heterocycles. The van der Waals surface area contributed by atoms with Crippen molar-refractivity contribution in [3.05, 3.63) is 80.2 Å². The lowest BCUT2D eigenvalue weighted by molar-refractivity contribution is 0.272. The second-order valence-corrected chi connectivity index (χ2v) is 6.92. The molecule has 130 valence electrons. The average molecular weight is 356 g/mol. The van der Waals surface area contributed by atoms with Gasteiger partial charge in [-0.2, -0.15) is 0 Å². The first kappa shape index (κ1) is 17.7. The quantitative estimate of drug-likeness (QED) is 0.598. The van der Waals surface area contributed by atoms with E-state index in [9.17, 15) is 4.79 Å². The molecule has 0 atom stereocenters. The Hall–Kier alpha value is -2.10. The minimum absolute atomic E-state index is 0.294. The van der Waals surface area contributed by atoms with E-state index in [-0.39, 0.29) is 5.63 Å². The van der Waals surface area contributed by atoms with Crippen molar-refractivity contribution in [3.8, 4) is 0 Å². The second-order valence-electron chi connectivity index (χ2n) is 6.48. The fraction of sp³-hybridized carbons (Fsp3) is 0.286. The summed E-state index contributed by atoms with van der Waals surface area (Å²) in [7, 11) is 0. The molecule has 3 rings (SSSR count). The van der Waals surface area contributed by atoms with E-state index in [1.807, 2.05) is 37.3 Å². The predicted molar refractivity (Wildman–Crippen MR) is 103 cm³/mol. The van der Waals surface area contributed by atoms with Crippen LogP contribution in [0.1, 0.15) is 29.2 Å². The Morgan fingerprint density at radius 3 is 2.44 bits per heavy atom. The zero-order chi connectivity index (χ0) is 18.0. The monoisotopic (exact) mass is 355 g/mol. The first-order valence-electron chi connectivity index (χ1n) is 8.47. The van der Waals surface area contributed by atoms with E-state index in [0.717, 1.165) is 34.6 Å². The summed E-state index contributed by atoms with van der Waals surface area (Å²) in [5.74, 6) is 0. The molecule has 0 bridgehead atoms. The molecule has 0 aliphatic rings. The van der Waals surface area contributed by atoms with Crippen molar-refractivity contribution >= 4 is 22.6 Å². The molecule has 0 saturated heterocycles. The van der Waals surface area contributed by atoms with Crippen LogP contribution in [0.5, 0.6) is 0 Å². The molecular weight excluding hydrogens is 334 g/mol. The number of hydrogen-bond acceptors (Lipinski definition) is 3.